The molecule has 1 fully saturated rings. The van der Waals surface area contributed by atoms with Crippen molar-refractivity contribution in [1.82, 2.24) is 4.90 Å². The molecule has 0 unspecified atom stereocenters. The summed E-state index contributed by atoms with van der Waals surface area (Å²) in [6, 6.07) is 9.14. The van der Waals surface area contributed by atoms with Gasteiger partial charge < -0.3 is 9.64 Å². The minimum absolute atomic E-state index is 0.285. The Morgan fingerprint density at radius 1 is 1.16 bits per heavy atom. The lowest BCUT2D eigenvalue weighted by Crippen LogP contribution is -2.40. The normalized spacial score (nSPS) is 17.6. The highest BCUT2D eigenvalue weighted by Gasteiger charge is 2.37. The largest absolute Gasteiger partial charge is 0.430 e. The van der Waals surface area contributed by atoms with Crippen LogP contribution >= 0.6 is 0 Å². The lowest BCUT2D eigenvalue weighted by Gasteiger charge is -2.32. The van der Waals surface area contributed by atoms with Crippen molar-refractivity contribution in [2.45, 2.75) is 12.6 Å². The maximum Gasteiger partial charge on any atom is 0.430 e. The maximum atomic E-state index is 13.1. The molecule has 0 atom stereocenters. The molecule has 1 saturated heterocycles. The van der Waals surface area contributed by atoms with E-state index in [1.165, 1.54) is 11.0 Å². The zero-order chi connectivity index (χ0) is 13.7. The molecule has 2 nitrogen and oxygen atoms in total. The first-order valence-corrected chi connectivity index (χ1v) is 6.21. The van der Waals surface area contributed by atoms with E-state index >= 15 is 0 Å². The van der Waals surface area contributed by atoms with Crippen LogP contribution in [0.5, 0.6) is 0 Å². The number of nitrogens with zero attached hydrogens (tertiary/aromatic N) is 1. The van der Waals surface area contributed by atoms with Crippen LogP contribution in [0.4, 0.5) is 13.2 Å². The van der Waals surface area contributed by atoms with Gasteiger partial charge in [-0.2, -0.15) is 13.2 Å². The van der Waals surface area contributed by atoms with E-state index in [2.05, 4.69) is 0 Å². The summed E-state index contributed by atoms with van der Waals surface area (Å²) in [7, 11) is 0. The van der Waals surface area contributed by atoms with E-state index in [-0.39, 0.29) is 6.42 Å². The van der Waals surface area contributed by atoms with Crippen LogP contribution in [0.2, 0.25) is 0 Å². The van der Waals surface area contributed by atoms with Crippen LogP contribution in [-0.4, -0.2) is 37.4 Å². The van der Waals surface area contributed by atoms with Crippen LogP contribution in [0.15, 0.2) is 42.1 Å². The fourth-order valence-electron chi connectivity index (χ4n) is 2.06. The van der Waals surface area contributed by atoms with Gasteiger partial charge in [0.05, 0.1) is 13.2 Å². The van der Waals surface area contributed by atoms with Crippen molar-refractivity contribution < 1.29 is 17.9 Å². The van der Waals surface area contributed by atoms with Crippen LogP contribution in [0.1, 0.15) is 5.56 Å². The highest BCUT2D eigenvalue weighted by Crippen LogP contribution is 2.29. The summed E-state index contributed by atoms with van der Waals surface area (Å²) in [6.45, 7) is 1.28. The summed E-state index contributed by atoms with van der Waals surface area (Å²) in [6.07, 6.45) is -2.76. The Labute approximate surface area is 110 Å². The molecule has 0 radical (unpaired) electrons. The molecular weight excluding hydrogens is 255 g/mol. The van der Waals surface area contributed by atoms with Crippen molar-refractivity contribution in [1.29, 1.82) is 0 Å². The van der Waals surface area contributed by atoms with Crippen LogP contribution in [0.25, 0.3) is 0 Å². The number of morpholine rings is 1. The maximum absolute atomic E-state index is 13.1. The molecule has 1 aliphatic heterocycles. The van der Waals surface area contributed by atoms with E-state index in [1.54, 1.807) is 0 Å². The molecule has 0 N–H and O–H groups in total. The average Bonchev–Trinajstić information content (AvgIpc) is 2.40. The predicted octanol–water partition coefficient (Wildman–Crippen LogP) is 3.01. The van der Waals surface area contributed by atoms with Gasteiger partial charge in [0.1, 0.15) is 5.70 Å². The van der Waals surface area contributed by atoms with Gasteiger partial charge in [-0.05, 0) is 12.0 Å². The van der Waals surface area contributed by atoms with Crippen molar-refractivity contribution in [3.05, 3.63) is 47.7 Å². The second-order valence-electron chi connectivity index (χ2n) is 4.38. The Morgan fingerprint density at radius 2 is 1.79 bits per heavy atom. The van der Waals surface area contributed by atoms with E-state index in [9.17, 15) is 13.2 Å². The molecule has 104 valence electrons. The Bertz CT molecular complexity index is 422. The number of halogens is 3. The van der Waals surface area contributed by atoms with Gasteiger partial charge in [-0.25, -0.2) is 0 Å². The molecular formula is C14H16F3NO. The van der Waals surface area contributed by atoms with Crippen molar-refractivity contribution in [3.8, 4) is 0 Å². The van der Waals surface area contributed by atoms with E-state index in [1.807, 2.05) is 30.3 Å². The van der Waals surface area contributed by atoms with Gasteiger partial charge in [-0.1, -0.05) is 36.4 Å². The molecule has 0 amide bonds. The summed E-state index contributed by atoms with van der Waals surface area (Å²) in [5, 5.41) is 0. The highest BCUT2D eigenvalue weighted by molar-refractivity contribution is 5.20. The van der Waals surface area contributed by atoms with Gasteiger partial charge >= 0.3 is 6.18 Å². The number of hydrogen-bond acceptors (Lipinski definition) is 2. The number of hydrogen-bond donors (Lipinski definition) is 0. The van der Waals surface area contributed by atoms with Crippen LogP contribution < -0.4 is 0 Å². The number of alkyl halides is 3. The van der Waals surface area contributed by atoms with E-state index < -0.39 is 11.9 Å². The quantitative estimate of drug-likeness (QED) is 0.838. The first-order valence-electron chi connectivity index (χ1n) is 6.21. The molecule has 2 rings (SSSR count). The monoisotopic (exact) mass is 271 g/mol. The molecule has 0 bridgehead atoms. The number of rotatable bonds is 3. The molecule has 1 aromatic rings. The molecule has 0 aliphatic carbocycles. The molecule has 0 saturated carbocycles. The predicted molar refractivity (Wildman–Crippen MR) is 66.7 cm³/mol. The Hall–Kier alpha value is -1.49. The zero-order valence-corrected chi connectivity index (χ0v) is 10.5. The Kier molecular flexibility index (Phi) is 4.47. The van der Waals surface area contributed by atoms with Crippen LogP contribution in [0.3, 0.4) is 0 Å². The van der Waals surface area contributed by atoms with Crippen LogP contribution in [0, 0.1) is 0 Å². The number of ether oxygens (including phenoxy) is 1. The topological polar surface area (TPSA) is 12.5 Å². The van der Waals surface area contributed by atoms with Gasteiger partial charge in [-0.15, -0.1) is 0 Å². The summed E-state index contributed by atoms with van der Waals surface area (Å²) in [5.74, 6) is 0. The smallest absolute Gasteiger partial charge is 0.378 e. The average molecular weight is 271 g/mol. The summed E-state index contributed by atoms with van der Waals surface area (Å²) >= 11 is 0. The van der Waals surface area contributed by atoms with Crippen LogP contribution in [-0.2, 0) is 11.2 Å². The van der Waals surface area contributed by atoms with Crippen molar-refractivity contribution >= 4 is 0 Å². The molecule has 1 heterocycles. The lowest BCUT2D eigenvalue weighted by atomic mass is 10.1. The highest BCUT2D eigenvalue weighted by atomic mass is 19.4. The Morgan fingerprint density at radius 3 is 2.37 bits per heavy atom. The van der Waals surface area contributed by atoms with Gasteiger partial charge in [0.25, 0.3) is 0 Å². The molecule has 5 heteroatoms. The summed E-state index contributed by atoms with van der Waals surface area (Å²) in [5.41, 5.74) is 0.317. The van der Waals surface area contributed by atoms with Gasteiger partial charge in [0.15, 0.2) is 0 Å². The molecule has 1 aliphatic rings. The minimum Gasteiger partial charge on any atom is -0.378 e. The van der Waals surface area contributed by atoms with Crippen molar-refractivity contribution in [2.24, 2.45) is 0 Å². The molecule has 0 aromatic heterocycles. The number of allylic oxidation sites excluding steroid dienone is 2. The standard InChI is InChI=1S/C14H16F3NO/c15-14(16,17)13(18-8-10-19-11-9-18)7-6-12-4-2-1-3-5-12/h1-5,7H,6,8-11H2/b13-7-. The van der Waals surface area contributed by atoms with E-state index in [0.29, 0.717) is 26.3 Å². The molecule has 19 heavy (non-hydrogen) atoms. The lowest BCUT2D eigenvalue weighted by molar-refractivity contribution is -0.118. The summed E-state index contributed by atoms with van der Waals surface area (Å²) < 4.78 is 44.3. The fourth-order valence-corrected chi connectivity index (χ4v) is 2.06. The fraction of sp³-hybridized carbons (Fsp3) is 0.429. The van der Waals surface area contributed by atoms with Crippen molar-refractivity contribution in [2.75, 3.05) is 26.3 Å². The third-order valence-electron chi connectivity index (χ3n) is 3.02. The Balaban J connectivity index is 2.13. The van der Waals surface area contributed by atoms with Gasteiger partial charge in [0.2, 0.25) is 0 Å². The first kappa shape index (κ1) is 13.9. The van der Waals surface area contributed by atoms with E-state index in [4.69, 9.17) is 4.74 Å². The summed E-state index contributed by atoms with van der Waals surface area (Å²) in [4.78, 5) is 1.35. The molecule has 1 aromatic carbocycles. The second-order valence-corrected chi connectivity index (χ2v) is 4.38. The first-order chi connectivity index (χ1) is 9.07. The van der Waals surface area contributed by atoms with E-state index in [0.717, 1.165) is 5.56 Å². The number of benzene rings is 1. The van der Waals surface area contributed by atoms with Gasteiger partial charge in [0, 0.05) is 13.1 Å². The zero-order valence-electron chi connectivity index (χ0n) is 10.5. The van der Waals surface area contributed by atoms with Crippen molar-refractivity contribution in [3.63, 3.8) is 0 Å². The SMILES string of the molecule is FC(F)(F)/C(=C/Cc1ccccc1)N1CCOCC1. The second kappa shape index (κ2) is 6.10. The minimum atomic E-state index is -4.31. The third kappa shape index (κ3) is 3.99. The third-order valence-corrected chi connectivity index (χ3v) is 3.02. The van der Waals surface area contributed by atoms with Gasteiger partial charge in [-0.3, -0.25) is 0 Å². The molecule has 0 spiro atoms.